The normalized spacial score (nSPS) is 22.8. The predicted octanol–water partition coefficient (Wildman–Crippen LogP) is 4.75. The molecule has 1 aliphatic heterocycles. The van der Waals surface area contributed by atoms with Gasteiger partial charge in [0.15, 0.2) is 6.29 Å². The Kier molecular flexibility index (Phi) is 13.0. The van der Waals surface area contributed by atoms with E-state index in [1.165, 1.54) is 0 Å². The Hall–Kier alpha value is -2.66. The average molecular weight is 553 g/mol. The van der Waals surface area contributed by atoms with Crippen LogP contribution in [0.1, 0.15) is 16.7 Å². The first-order valence-electron chi connectivity index (χ1n) is 13.6. The number of ether oxygens (including phenoxy) is 8. The number of methoxy groups -OCH3 is 2. The molecule has 3 aromatic rings. The molecule has 0 radical (unpaired) electrons. The Morgan fingerprint density at radius 1 is 0.575 bits per heavy atom. The van der Waals surface area contributed by atoms with E-state index in [2.05, 4.69) is 0 Å². The monoisotopic (exact) mass is 552 g/mol. The summed E-state index contributed by atoms with van der Waals surface area (Å²) in [6.45, 7) is 2.40. The molecule has 1 saturated heterocycles. The zero-order valence-electron chi connectivity index (χ0n) is 23.3. The standard InChI is InChI=1S/C32H40O8/c1-33-18-19-35-24-36-23-28-29(37-20-25-12-6-3-7-13-25)30(38-21-26-14-8-4-9-15-26)31(32(34-2)40-28)39-22-27-16-10-5-11-17-27/h3-17,28-32H,18-24H2,1-2H3/t28-,29-,30+,31-,32+/m1/s1. The minimum absolute atomic E-state index is 0.107. The van der Waals surface area contributed by atoms with Gasteiger partial charge in [-0.15, -0.1) is 0 Å². The number of hydrogen-bond donors (Lipinski definition) is 0. The number of benzene rings is 3. The Morgan fingerprint density at radius 2 is 1.07 bits per heavy atom. The van der Waals surface area contributed by atoms with Crippen LogP contribution >= 0.6 is 0 Å². The first-order chi connectivity index (χ1) is 19.8. The predicted molar refractivity (Wildman–Crippen MR) is 149 cm³/mol. The molecule has 1 fully saturated rings. The highest BCUT2D eigenvalue weighted by Gasteiger charge is 2.48. The smallest absolute Gasteiger partial charge is 0.186 e. The van der Waals surface area contributed by atoms with Gasteiger partial charge in [-0.2, -0.15) is 0 Å². The summed E-state index contributed by atoms with van der Waals surface area (Å²) in [6.07, 6.45) is -2.74. The van der Waals surface area contributed by atoms with E-state index in [-0.39, 0.29) is 13.4 Å². The van der Waals surface area contributed by atoms with E-state index in [0.717, 1.165) is 16.7 Å². The molecular weight excluding hydrogens is 512 g/mol. The van der Waals surface area contributed by atoms with Crippen molar-refractivity contribution < 1.29 is 37.9 Å². The zero-order chi connectivity index (χ0) is 27.8. The van der Waals surface area contributed by atoms with E-state index in [1.54, 1.807) is 14.2 Å². The molecule has 0 aliphatic carbocycles. The first-order valence-corrected chi connectivity index (χ1v) is 13.6. The van der Waals surface area contributed by atoms with Crippen LogP contribution in [0.3, 0.4) is 0 Å². The summed E-state index contributed by atoms with van der Waals surface area (Å²) in [5.41, 5.74) is 3.13. The lowest BCUT2D eigenvalue weighted by Gasteiger charge is -2.45. The summed E-state index contributed by atoms with van der Waals surface area (Å²) in [5, 5.41) is 0. The lowest BCUT2D eigenvalue weighted by atomic mass is 9.98. The van der Waals surface area contributed by atoms with Crippen LogP contribution in [0.25, 0.3) is 0 Å². The van der Waals surface area contributed by atoms with Gasteiger partial charge >= 0.3 is 0 Å². The van der Waals surface area contributed by atoms with E-state index in [4.69, 9.17) is 37.9 Å². The summed E-state index contributed by atoms with van der Waals surface area (Å²) in [5.74, 6) is 0. The van der Waals surface area contributed by atoms with Crippen molar-refractivity contribution in [2.45, 2.75) is 50.5 Å². The van der Waals surface area contributed by atoms with Gasteiger partial charge < -0.3 is 37.9 Å². The van der Waals surface area contributed by atoms with Gasteiger partial charge in [0, 0.05) is 14.2 Å². The van der Waals surface area contributed by atoms with Crippen molar-refractivity contribution in [3.8, 4) is 0 Å². The Labute approximate surface area is 237 Å². The summed E-state index contributed by atoms with van der Waals surface area (Å²) in [7, 11) is 3.24. The molecule has 1 aliphatic rings. The third-order valence-electron chi connectivity index (χ3n) is 6.56. The molecule has 0 bridgehead atoms. The Morgan fingerprint density at radius 3 is 1.57 bits per heavy atom. The van der Waals surface area contributed by atoms with Gasteiger partial charge in [-0.05, 0) is 16.7 Å². The van der Waals surface area contributed by atoms with Crippen molar-refractivity contribution in [2.24, 2.45) is 0 Å². The molecule has 40 heavy (non-hydrogen) atoms. The fraction of sp³-hybridized carbons (Fsp3) is 0.438. The zero-order valence-corrected chi connectivity index (χ0v) is 23.3. The summed E-state index contributed by atoms with van der Waals surface area (Å²) >= 11 is 0. The van der Waals surface area contributed by atoms with Gasteiger partial charge in [0.05, 0.1) is 39.6 Å². The van der Waals surface area contributed by atoms with Crippen molar-refractivity contribution in [1.29, 1.82) is 0 Å². The van der Waals surface area contributed by atoms with E-state index in [9.17, 15) is 0 Å². The van der Waals surface area contributed by atoms with Crippen LogP contribution in [-0.4, -0.2) is 71.5 Å². The lowest BCUT2D eigenvalue weighted by molar-refractivity contribution is -0.324. The molecule has 8 nitrogen and oxygen atoms in total. The van der Waals surface area contributed by atoms with E-state index >= 15 is 0 Å². The van der Waals surface area contributed by atoms with Crippen LogP contribution < -0.4 is 0 Å². The topological polar surface area (TPSA) is 73.8 Å². The van der Waals surface area contributed by atoms with E-state index in [0.29, 0.717) is 33.0 Å². The summed E-state index contributed by atoms with van der Waals surface area (Å²) < 4.78 is 48.1. The van der Waals surface area contributed by atoms with Crippen molar-refractivity contribution >= 4 is 0 Å². The summed E-state index contributed by atoms with van der Waals surface area (Å²) in [4.78, 5) is 0. The fourth-order valence-electron chi connectivity index (χ4n) is 4.49. The van der Waals surface area contributed by atoms with Crippen molar-refractivity contribution in [1.82, 2.24) is 0 Å². The Balaban J connectivity index is 1.54. The highest BCUT2D eigenvalue weighted by molar-refractivity contribution is 5.15. The second-order valence-corrected chi connectivity index (χ2v) is 9.45. The third kappa shape index (κ3) is 9.47. The minimum atomic E-state index is -0.691. The molecule has 0 aromatic heterocycles. The van der Waals surface area contributed by atoms with Crippen LogP contribution in [0.2, 0.25) is 0 Å². The van der Waals surface area contributed by atoms with Crippen LogP contribution in [0.15, 0.2) is 91.0 Å². The molecule has 0 N–H and O–H groups in total. The largest absolute Gasteiger partial charge is 0.382 e. The first kappa shape index (κ1) is 30.3. The second-order valence-electron chi connectivity index (χ2n) is 9.45. The van der Waals surface area contributed by atoms with Gasteiger partial charge in [-0.25, -0.2) is 0 Å². The van der Waals surface area contributed by atoms with Gasteiger partial charge in [0.2, 0.25) is 0 Å². The molecule has 5 atom stereocenters. The maximum atomic E-state index is 6.58. The van der Waals surface area contributed by atoms with Crippen molar-refractivity contribution in [3.63, 3.8) is 0 Å². The van der Waals surface area contributed by atoms with E-state index in [1.807, 2.05) is 91.0 Å². The van der Waals surface area contributed by atoms with Gasteiger partial charge in [0.25, 0.3) is 0 Å². The van der Waals surface area contributed by atoms with Crippen LogP contribution in [-0.2, 0) is 57.7 Å². The minimum Gasteiger partial charge on any atom is -0.382 e. The van der Waals surface area contributed by atoms with Gasteiger partial charge in [0.1, 0.15) is 31.2 Å². The van der Waals surface area contributed by atoms with Crippen molar-refractivity contribution in [2.75, 3.05) is 40.8 Å². The molecule has 0 amide bonds. The van der Waals surface area contributed by atoms with Gasteiger partial charge in [-0.1, -0.05) is 91.0 Å². The molecular formula is C32H40O8. The average Bonchev–Trinajstić information content (AvgIpc) is 3.01. The Bertz CT molecular complexity index is 1050. The number of rotatable bonds is 17. The van der Waals surface area contributed by atoms with E-state index < -0.39 is 30.7 Å². The summed E-state index contributed by atoms with van der Waals surface area (Å²) in [6, 6.07) is 30.1. The highest BCUT2D eigenvalue weighted by Crippen LogP contribution is 2.31. The van der Waals surface area contributed by atoms with Crippen molar-refractivity contribution in [3.05, 3.63) is 108 Å². The molecule has 3 aromatic carbocycles. The number of hydrogen-bond acceptors (Lipinski definition) is 8. The lowest BCUT2D eigenvalue weighted by Crippen LogP contribution is -2.61. The maximum Gasteiger partial charge on any atom is 0.186 e. The van der Waals surface area contributed by atoms with Crippen LogP contribution in [0.5, 0.6) is 0 Å². The SMILES string of the molecule is COCCOCOC[C@H]1O[C@H](OC)[C@H](OCc2ccccc2)[C@@H](OCc2ccccc2)[C@@H]1OCc1ccccc1. The molecule has 0 unspecified atom stereocenters. The molecule has 0 spiro atoms. The molecule has 0 saturated carbocycles. The molecule has 8 heteroatoms. The third-order valence-corrected chi connectivity index (χ3v) is 6.56. The maximum absolute atomic E-state index is 6.58. The van der Waals surface area contributed by atoms with Crippen LogP contribution in [0.4, 0.5) is 0 Å². The highest BCUT2D eigenvalue weighted by atomic mass is 16.7. The molecule has 4 rings (SSSR count). The van der Waals surface area contributed by atoms with Gasteiger partial charge in [-0.3, -0.25) is 0 Å². The second kappa shape index (κ2) is 17.2. The quantitative estimate of drug-likeness (QED) is 0.176. The fourth-order valence-corrected chi connectivity index (χ4v) is 4.49. The van der Waals surface area contributed by atoms with Crippen LogP contribution in [0, 0.1) is 0 Å². The molecule has 1 heterocycles. The molecule has 216 valence electrons.